The standard InChI is InChI=1S/C24H37N5O7/c1-5-13(4)19(26)22(33)29-20(12(2)3)23(34)27-16(11-18(25)31)21(32)28-17(24(35)36)10-14-6-8-15(30)9-7-14/h6-9,12-13,16-17,19-20,30H,5,10-11,26H2,1-4H3,(H2,25,31)(H,27,34)(H,28,32)(H,29,33)(H,35,36). The molecule has 4 amide bonds. The molecule has 0 spiro atoms. The van der Waals surface area contributed by atoms with Crippen molar-refractivity contribution in [3.63, 3.8) is 0 Å². The summed E-state index contributed by atoms with van der Waals surface area (Å²) < 4.78 is 0. The Labute approximate surface area is 210 Å². The van der Waals surface area contributed by atoms with Crippen molar-refractivity contribution in [2.24, 2.45) is 23.3 Å². The molecule has 0 aliphatic heterocycles. The van der Waals surface area contributed by atoms with Crippen LogP contribution in [0.5, 0.6) is 5.75 Å². The maximum Gasteiger partial charge on any atom is 0.326 e. The van der Waals surface area contributed by atoms with Crippen LogP contribution >= 0.6 is 0 Å². The molecule has 9 N–H and O–H groups in total. The molecule has 0 fully saturated rings. The summed E-state index contributed by atoms with van der Waals surface area (Å²) in [6, 6.07) is 0.981. The molecule has 0 radical (unpaired) electrons. The lowest BCUT2D eigenvalue weighted by Crippen LogP contribution is -2.59. The predicted octanol–water partition coefficient (Wildman–Crippen LogP) is -0.621. The van der Waals surface area contributed by atoms with E-state index in [4.69, 9.17) is 11.5 Å². The summed E-state index contributed by atoms with van der Waals surface area (Å²) in [6.45, 7) is 7.05. The number of carboxylic acid groups (broad SMARTS) is 1. The molecular formula is C24H37N5O7. The van der Waals surface area contributed by atoms with Gasteiger partial charge in [-0.25, -0.2) is 4.79 Å². The van der Waals surface area contributed by atoms with Gasteiger partial charge in [-0.15, -0.1) is 0 Å². The Morgan fingerprint density at radius 2 is 1.44 bits per heavy atom. The van der Waals surface area contributed by atoms with Crippen molar-refractivity contribution in [3.8, 4) is 5.75 Å². The number of benzene rings is 1. The second-order valence-corrected chi connectivity index (χ2v) is 9.14. The van der Waals surface area contributed by atoms with Crippen LogP contribution in [0.15, 0.2) is 24.3 Å². The molecule has 5 atom stereocenters. The van der Waals surface area contributed by atoms with Crippen LogP contribution in [-0.4, -0.2) is 64.0 Å². The summed E-state index contributed by atoms with van der Waals surface area (Å²) in [5, 5.41) is 26.2. The summed E-state index contributed by atoms with van der Waals surface area (Å²) in [5.74, 6) is -4.98. The van der Waals surface area contributed by atoms with E-state index in [0.29, 0.717) is 12.0 Å². The lowest BCUT2D eigenvalue weighted by atomic mass is 9.97. The number of amides is 4. The number of hydrogen-bond donors (Lipinski definition) is 7. The first-order valence-corrected chi connectivity index (χ1v) is 11.7. The average molecular weight is 508 g/mol. The monoisotopic (exact) mass is 507 g/mol. The molecule has 0 aliphatic carbocycles. The minimum Gasteiger partial charge on any atom is -0.508 e. The summed E-state index contributed by atoms with van der Waals surface area (Å²) in [7, 11) is 0. The number of phenolic OH excluding ortho intramolecular Hbond substituents is 1. The predicted molar refractivity (Wildman–Crippen MR) is 131 cm³/mol. The quantitative estimate of drug-likeness (QED) is 0.172. The molecule has 36 heavy (non-hydrogen) atoms. The van der Waals surface area contributed by atoms with Crippen molar-refractivity contribution in [1.29, 1.82) is 0 Å². The Morgan fingerprint density at radius 3 is 1.92 bits per heavy atom. The van der Waals surface area contributed by atoms with Gasteiger partial charge in [-0.2, -0.15) is 0 Å². The van der Waals surface area contributed by atoms with Crippen molar-refractivity contribution in [2.75, 3.05) is 0 Å². The van der Waals surface area contributed by atoms with Crippen LogP contribution in [0.1, 0.15) is 46.1 Å². The van der Waals surface area contributed by atoms with Crippen molar-refractivity contribution in [2.45, 2.75) is 71.1 Å². The number of primary amides is 1. The second-order valence-electron chi connectivity index (χ2n) is 9.14. The molecule has 1 rings (SSSR count). The molecule has 12 heteroatoms. The van der Waals surface area contributed by atoms with Crippen molar-refractivity contribution >= 4 is 29.6 Å². The fourth-order valence-corrected chi connectivity index (χ4v) is 3.31. The largest absolute Gasteiger partial charge is 0.508 e. The highest BCUT2D eigenvalue weighted by Gasteiger charge is 2.33. The van der Waals surface area contributed by atoms with Gasteiger partial charge >= 0.3 is 5.97 Å². The molecule has 12 nitrogen and oxygen atoms in total. The number of phenols is 1. The third kappa shape index (κ3) is 9.53. The Morgan fingerprint density at radius 1 is 0.889 bits per heavy atom. The van der Waals surface area contributed by atoms with Gasteiger partial charge in [-0.1, -0.05) is 46.2 Å². The van der Waals surface area contributed by atoms with Crippen LogP contribution in [0.2, 0.25) is 0 Å². The van der Waals surface area contributed by atoms with E-state index >= 15 is 0 Å². The third-order valence-corrected chi connectivity index (χ3v) is 5.84. The number of aromatic hydroxyl groups is 1. The van der Waals surface area contributed by atoms with Crippen LogP contribution in [0.25, 0.3) is 0 Å². The Kier molecular flexibility index (Phi) is 11.8. The molecule has 1 aromatic rings. The van der Waals surface area contributed by atoms with Gasteiger partial charge in [0, 0.05) is 6.42 Å². The smallest absolute Gasteiger partial charge is 0.326 e. The van der Waals surface area contributed by atoms with Crippen LogP contribution < -0.4 is 27.4 Å². The number of carbonyl (C=O) groups excluding carboxylic acids is 4. The topological polar surface area (TPSA) is 214 Å². The Balaban J connectivity index is 3.01. The van der Waals surface area contributed by atoms with Gasteiger partial charge in [-0.05, 0) is 29.5 Å². The number of carbonyl (C=O) groups is 5. The molecule has 0 bridgehead atoms. The van der Waals surface area contributed by atoms with Gasteiger partial charge in [0.25, 0.3) is 0 Å². The van der Waals surface area contributed by atoms with Crippen LogP contribution in [0.4, 0.5) is 0 Å². The van der Waals surface area contributed by atoms with E-state index in [1.807, 2.05) is 6.92 Å². The summed E-state index contributed by atoms with van der Waals surface area (Å²) in [5.41, 5.74) is 11.7. The van der Waals surface area contributed by atoms with Gasteiger partial charge in [0.2, 0.25) is 23.6 Å². The minimum absolute atomic E-state index is 0.00389. The van der Waals surface area contributed by atoms with Crippen LogP contribution in [0, 0.1) is 11.8 Å². The van der Waals surface area contributed by atoms with E-state index in [1.165, 1.54) is 24.3 Å². The highest BCUT2D eigenvalue weighted by molar-refractivity contribution is 5.96. The highest BCUT2D eigenvalue weighted by Crippen LogP contribution is 2.12. The van der Waals surface area contributed by atoms with Crippen molar-refractivity contribution in [3.05, 3.63) is 29.8 Å². The summed E-state index contributed by atoms with van der Waals surface area (Å²) in [6.07, 6.45) is -0.0477. The molecule has 0 aliphatic rings. The first kappa shape index (κ1) is 30.4. The molecule has 0 saturated heterocycles. The normalized spacial score (nSPS) is 15.2. The fourth-order valence-electron chi connectivity index (χ4n) is 3.31. The van der Waals surface area contributed by atoms with Gasteiger partial charge in [0.15, 0.2) is 0 Å². The zero-order valence-electron chi connectivity index (χ0n) is 21.0. The second kappa shape index (κ2) is 14.0. The first-order chi connectivity index (χ1) is 16.8. The SMILES string of the molecule is CCC(C)C(N)C(=O)NC(C(=O)NC(CC(N)=O)C(=O)NC(Cc1ccc(O)cc1)C(=O)O)C(C)C. The number of nitrogens with one attached hydrogen (secondary N) is 3. The highest BCUT2D eigenvalue weighted by atomic mass is 16.4. The van der Waals surface area contributed by atoms with Gasteiger partial charge in [-0.3, -0.25) is 19.2 Å². The summed E-state index contributed by atoms with van der Waals surface area (Å²) >= 11 is 0. The first-order valence-electron chi connectivity index (χ1n) is 11.7. The van der Waals surface area contributed by atoms with E-state index in [-0.39, 0.29) is 18.1 Å². The van der Waals surface area contributed by atoms with Gasteiger partial charge < -0.3 is 37.6 Å². The van der Waals surface area contributed by atoms with E-state index in [1.54, 1.807) is 20.8 Å². The number of carboxylic acids is 1. The molecule has 0 heterocycles. The number of aliphatic carboxylic acids is 1. The van der Waals surface area contributed by atoms with E-state index in [9.17, 15) is 34.2 Å². The molecule has 0 aromatic heterocycles. The van der Waals surface area contributed by atoms with E-state index in [0.717, 1.165) is 0 Å². The van der Waals surface area contributed by atoms with E-state index in [2.05, 4.69) is 16.0 Å². The fraction of sp³-hybridized carbons (Fsp3) is 0.542. The zero-order chi connectivity index (χ0) is 27.6. The maximum atomic E-state index is 13.0. The molecule has 5 unspecified atom stereocenters. The summed E-state index contributed by atoms with van der Waals surface area (Å²) in [4.78, 5) is 61.7. The number of nitrogens with two attached hydrogens (primary N) is 2. The Bertz CT molecular complexity index is 935. The van der Waals surface area contributed by atoms with Crippen molar-refractivity contribution < 1.29 is 34.2 Å². The van der Waals surface area contributed by atoms with Crippen LogP contribution in [0.3, 0.4) is 0 Å². The number of hydrogen-bond acceptors (Lipinski definition) is 7. The molecule has 0 saturated carbocycles. The van der Waals surface area contributed by atoms with Gasteiger partial charge in [0.1, 0.15) is 23.9 Å². The minimum atomic E-state index is -1.47. The molecular weight excluding hydrogens is 470 g/mol. The van der Waals surface area contributed by atoms with Gasteiger partial charge in [0.05, 0.1) is 12.5 Å². The average Bonchev–Trinajstić information content (AvgIpc) is 2.80. The third-order valence-electron chi connectivity index (χ3n) is 5.84. The van der Waals surface area contributed by atoms with Crippen molar-refractivity contribution in [1.82, 2.24) is 16.0 Å². The maximum absolute atomic E-state index is 13.0. The Hall–Kier alpha value is -3.67. The molecule has 1 aromatic carbocycles. The molecule has 200 valence electrons. The van der Waals surface area contributed by atoms with E-state index < -0.39 is 66.1 Å². The zero-order valence-corrected chi connectivity index (χ0v) is 21.0. The van der Waals surface area contributed by atoms with Crippen LogP contribution in [-0.2, 0) is 30.4 Å². The lowest BCUT2D eigenvalue weighted by Gasteiger charge is -2.27. The number of rotatable bonds is 14. The lowest BCUT2D eigenvalue weighted by molar-refractivity contribution is -0.142.